The average molecular weight is 285 g/mol. The molecule has 0 amide bonds. The Kier molecular flexibility index (Phi) is 7.65. The van der Waals surface area contributed by atoms with E-state index in [2.05, 4.69) is 18.5 Å². The Balaban J connectivity index is 2.92. The van der Waals surface area contributed by atoms with Gasteiger partial charge < -0.3 is 10.1 Å². The molecule has 0 aliphatic rings. The zero-order chi connectivity index (χ0) is 15.5. The smallest absolute Gasteiger partial charge is 0.335 e. The lowest BCUT2D eigenvalue weighted by molar-refractivity contribution is -0.136. The van der Waals surface area contributed by atoms with Crippen molar-refractivity contribution in [1.29, 1.82) is 0 Å². The number of rotatable bonds is 9. The summed E-state index contributed by atoms with van der Waals surface area (Å²) in [4.78, 5) is 11.9. The fourth-order valence-corrected chi connectivity index (χ4v) is 1.99. The van der Waals surface area contributed by atoms with E-state index in [1.54, 1.807) is 6.08 Å². The molecule has 0 fully saturated rings. The van der Waals surface area contributed by atoms with Crippen molar-refractivity contribution >= 4 is 5.97 Å². The second-order valence-electron chi connectivity index (χ2n) is 4.61. The van der Waals surface area contributed by atoms with Gasteiger partial charge in [-0.05, 0) is 24.8 Å². The van der Waals surface area contributed by atoms with E-state index in [1.807, 2.05) is 36.4 Å². The number of benzene rings is 1. The monoisotopic (exact) mass is 285 g/mol. The van der Waals surface area contributed by atoms with Crippen LogP contribution in [-0.2, 0) is 16.1 Å². The molecule has 21 heavy (non-hydrogen) atoms. The molecule has 3 nitrogen and oxygen atoms in total. The number of carbonyl (C=O) groups excluding carboxylic acids is 1. The summed E-state index contributed by atoms with van der Waals surface area (Å²) in [5.74, 6) is -0.311. The normalized spacial score (nSPS) is 11.3. The molecule has 0 aliphatic heterocycles. The van der Waals surface area contributed by atoms with Crippen LogP contribution in [0.1, 0.15) is 24.8 Å². The maximum atomic E-state index is 11.9. The third-order valence-corrected chi connectivity index (χ3v) is 3.09. The first-order chi connectivity index (χ1) is 10.2. The van der Waals surface area contributed by atoms with Crippen LogP contribution in [0.15, 0.2) is 66.9 Å². The van der Waals surface area contributed by atoms with Crippen molar-refractivity contribution in [3.8, 4) is 0 Å². The highest BCUT2D eigenvalue weighted by molar-refractivity contribution is 5.89. The van der Waals surface area contributed by atoms with Gasteiger partial charge in [0.25, 0.3) is 0 Å². The lowest BCUT2D eigenvalue weighted by atomic mass is 10.1. The second-order valence-corrected chi connectivity index (χ2v) is 4.61. The number of hydrogen-bond acceptors (Lipinski definition) is 3. The quantitative estimate of drug-likeness (QED) is 0.426. The summed E-state index contributed by atoms with van der Waals surface area (Å²) >= 11 is 0. The molecular weight excluding hydrogens is 262 g/mol. The van der Waals surface area contributed by atoms with Gasteiger partial charge in [0.2, 0.25) is 0 Å². The van der Waals surface area contributed by atoms with Crippen LogP contribution in [0.3, 0.4) is 0 Å². The molecule has 0 spiro atoms. The molecule has 0 saturated carbocycles. The molecule has 1 aromatic rings. The van der Waals surface area contributed by atoms with Gasteiger partial charge in [0, 0.05) is 12.2 Å². The maximum Gasteiger partial charge on any atom is 0.335 e. The van der Waals surface area contributed by atoms with E-state index in [-0.39, 0.29) is 5.97 Å². The molecule has 0 aromatic heterocycles. The van der Waals surface area contributed by atoms with E-state index in [9.17, 15) is 4.79 Å². The first-order valence-electron chi connectivity index (χ1n) is 7.02. The van der Waals surface area contributed by atoms with Crippen molar-refractivity contribution in [3.63, 3.8) is 0 Å². The lowest BCUT2D eigenvalue weighted by Crippen LogP contribution is -2.19. The van der Waals surface area contributed by atoms with Gasteiger partial charge in [-0.15, -0.1) is 13.2 Å². The Morgan fingerprint density at radius 3 is 2.52 bits per heavy atom. The number of esters is 1. The Bertz CT molecular complexity index is 503. The third-order valence-electron chi connectivity index (χ3n) is 3.09. The van der Waals surface area contributed by atoms with Crippen LogP contribution in [0.5, 0.6) is 0 Å². The average Bonchev–Trinajstić information content (AvgIpc) is 2.53. The zero-order valence-corrected chi connectivity index (χ0v) is 12.6. The minimum absolute atomic E-state index is 0.311. The molecule has 112 valence electrons. The fourth-order valence-electron chi connectivity index (χ4n) is 1.99. The Morgan fingerprint density at radius 1 is 1.24 bits per heavy atom. The molecule has 0 heterocycles. The summed E-state index contributed by atoms with van der Waals surface area (Å²) in [5.41, 5.74) is 2.69. The van der Waals surface area contributed by atoms with Gasteiger partial charge in [-0.3, -0.25) is 0 Å². The molecule has 0 radical (unpaired) electrons. The number of methoxy groups -OCH3 is 1. The lowest BCUT2D eigenvalue weighted by Gasteiger charge is -2.15. The first kappa shape index (κ1) is 16.8. The molecule has 1 aromatic carbocycles. The molecule has 0 aliphatic carbocycles. The highest BCUT2D eigenvalue weighted by Gasteiger charge is 2.14. The van der Waals surface area contributed by atoms with Crippen LogP contribution in [0.25, 0.3) is 0 Å². The van der Waals surface area contributed by atoms with Crippen molar-refractivity contribution in [2.45, 2.75) is 25.8 Å². The van der Waals surface area contributed by atoms with Crippen LogP contribution < -0.4 is 5.32 Å². The Hall–Kier alpha value is -2.29. The summed E-state index contributed by atoms with van der Waals surface area (Å²) in [6, 6.07) is 10.1. The van der Waals surface area contributed by atoms with Gasteiger partial charge in [0.15, 0.2) is 0 Å². The molecule has 0 bridgehead atoms. The van der Waals surface area contributed by atoms with E-state index in [0.29, 0.717) is 18.5 Å². The number of hydrogen-bond donors (Lipinski definition) is 1. The Labute approximate surface area is 127 Å². The van der Waals surface area contributed by atoms with E-state index < -0.39 is 0 Å². The molecule has 0 saturated heterocycles. The summed E-state index contributed by atoms with van der Waals surface area (Å²) in [5, 5.41) is 3.35. The van der Waals surface area contributed by atoms with Crippen LogP contribution in [0, 0.1) is 0 Å². The highest BCUT2D eigenvalue weighted by Crippen LogP contribution is 2.15. The van der Waals surface area contributed by atoms with Crippen LogP contribution in [0.4, 0.5) is 0 Å². The summed E-state index contributed by atoms with van der Waals surface area (Å²) < 4.78 is 4.87. The molecule has 3 heteroatoms. The van der Waals surface area contributed by atoms with Gasteiger partial charge in [-0.25, -0.2) is 4.79 Å². The van der Waals surface area contributed by atoms with Crippen molar-refractivity contribution in [2.75, 3.05) is 7.11 Å². The molecule has 0 unspecified atom stereocenters. The van der Waals surface area contributed by atoms with Gasteiger partial charge >= 0.3 is 5.97 Å². The van der Waals surface area contributed by atoms with E-state index in [1.165, 1.54) is 7.11 Å². The molecule has 0 atom stereocenters. The van der Waals surface area contributed by atoms with Crippen LogP contribution in [0.2, 0.25) is 0 Å². The maximum absolute atomic E-state index is 11.9. The molecular formula is C18H23NO2. The zero-order valence-electron chi connectivity index (χ0n) is 12.6. The molecule has 1 N–H and O–H groups in total. The summed E-state index contributed by atoms with van der Waals surface area (Å²) in [6.07, 6.45) is 5.57. The van der Waals surface area contributed by atoms with Gasteiger partial charge in [-0.1, -0.05) is 42.5 Å². The van der Waals surface area contributed by atoms with Crippen LogP contribution in [-0.4, -0.2) is 13.1 Å². The predicted octanol–water partition coefficient (Wildman–Crippen LogP) is 3.75. The number of ether oxygens (including phenoxy) is 1. The highest BCUT2D eigenvalue weighted by atomic mass is 16.5. The van der Waals surface area contributed by atoms with Crippen LogP contribution >= 0.6 is 0 Å². The van der Waals surface area contributed by atoms with E-state index >= 15 is 0 Å². The minimum atomic E-state index is -0.311. The number of allylic oxidation sites excluding steroid dienone is 3. The predicted molar refractivity (Wildman–Crippen MR) is 86.6 cm³/mol. The number of carbonyl (C=O) groups is 1. The number of nitrogens with one attached hydrogen (secondary N) is 1. The van der Waals surface area contributed by atoms with E-state index in [4.69, 9.17) is 4.74 Å². The largest absolute Gasteiger partial charge is 0.466 e. The van der Waals surface area contributed by atoms with Gasteiger partial charge in [-0.2, -0.15) is 0 Å². The van der Waals surface area contributed by atoms with Crippen molar-refractivity contribution in [1.82, 2.24) is 5.32 Å². The summed E-state index contributed by atoms with van der Waals surface area (Å²) in [6.45, 7) is 8.11. The van der Waals surface area contributed by atoms with Crippen molar-refractivity contribution < 1.29 is 9.53 Å². The SMILES string of the molecule is C=CCC/C(NCc1ccccc1)=C(\CC=C)C(=O)OC. The topological polar surface area (TPSA) is 38.3 Å². The third kappa shape index (κ3) is 5.69. The van der Waals surface area contributed by atoms with Gasteiger partial charge in [0.1, 0.15) is 0 Å². The second kappa shape index (κ2) is 9.59. The van der Waals surface area contributed by atoms with Gasteiger partial charge in [0.05, 0.1) is 12.7 Å². The Morgan fingerprint density at radius 2 is 1.95 bits per heavy atom. The minimum Gasteiger partial charge on any atom is -0.466 e. The van der Waals surface area contributed by atoms with Crippen molar-refractivity contribution in [3.05, 3.63) is 72.5 Å². The molecule has 1 rings (SSSR count). The van der Waals surface area contributed by atoms with E-state index in [0.717, 1.165) is 24.1 Å². The van der Waals surface area contributed by atoms with Crippen molar-refractivity contribution in [2.24, 2.45) is 0 Å². The first-order valence-corrected chi connectivity index (χ1v) is 7.02. The summed E-state index contributed by atoms with van der Waals surface area (Å²) in [7, 11) is 1.40. The fraction of sp³-hybridized carbons (Fsp3) is 0.278. The standard InChI is InChI=1S/C18H23NO2/c1-4-6-13-17(16(10-5-2)18(20)21-3)19-14-15-11-8-7-9-12-15/h4-5,7-9,11-12,19H,1-2,6,10,13-14H2,3H3/b17-16-.